The van der Waals surface area contributed by atoms with E-state index >= 15 is 0 Å². The van der Waals surface area contributed by atoms with Crippen LogP contribution in [0.5, 0.6) is 0 Å². The normalized spacial score (nSPS) is 9.90. The van der Waals surface area contributed by atoms with E-state index in [1.54, 1.807) is 0 Å². The maximum atomic E-state index is 3.46. The quantitative estimate of drug-likeness (QED) is 0.146. The van der Waals surface area contributed by atoms with E-state index in [1.807, 2.05) is 273 Å². The van der Waals surface area contributed by atoms with Crippen LogP contribution in [0.3, 0.4) is 0 Å². The van der Waals surface area contributed by atoms with Gasteiger partial charge in [-0.05, 0) is 303 Å². The molecule has 17 rings (SSSR count). The second kappa shape index (κ2) is 39.0. The van der Waals surface area contributed by atoms with E-state index in [0.29, 0.717) is 0 Å². The Morgan fingerprint density at radius 3 is 0.325 bits per heavy atom. The molecule has 0 aliphatic rings. The zero-order valence-corrected chi connectivity index (χ0v) is 65.6. The molecule has 0 saturated heterocycles. The number of hydrogen-bond donors (Lipinski definition) is 0. The van der Waals surface area contributed by atoms with E-state index in [4.69, 9.17) is 0 Å². The fourth-order valence-electron chi connectivity index (χ4n) is 13.3. The van der Waals surface area contributed by atoms with Crippen LogP contribution in [0.15, 0.2) is 437 Å². The fourth-order valence-corrected chi connectivity index (χ4v) is 13.3. The fraction of sp³-hybridized carbons (Fsp3) is 0. The summed E-state index contributed by atoms with van der Waals surface area (Å²) in [5.41, 5.74) is 29.5. The zero-order valence-electron chi connectivity index (χ0n) is 65.6. The van der Waals surface area contributed by atoms with Crippen molar-refractivity contribution in [3.8, 4) is 173 Å². The molecule has 0 amide bonds. The maximum Gasteiger partial charge on any atom is 0.0267 e. The molecular formula is C120H72. The van der Waals surface area contributed by atoms with Gasteiger partial charge in [0.15, 0.2) is 0 Å². The van der Waals surface area contributed by atoms with Crippen LogP contribution in [0.25, 0.3) is 66.8 Å². The van der Waals surface area contributed by atoms with Crippen LogP contribution in [0, 0.1) is 107 Å². The minimum atomic E-state index is 0.856. The van der Waals surface area contributed by atoms with Gasteiger partial charge in [-0.1, -0.05) is 307 Å². The smallest absolute Gasteiger partial charge is 0.0267 e. The Bertz CT molecular complexity index is 6180. The molecule has 552 valence electrons. The first-order chi connectivity index (χ1) is 59.3. The van der Waals surface area contributed by atoms with Crippen LogP contribution in [-0.4, -0.2) is 0 Å². The van der Waals surface area contributed by atoms with Crippen molar-refractivity contribution < 1.29 is 0 Å². The van der Waals surface area contributed by atoms with Crippen molar-refractivity contribution in [2.75, 3.05) is 0 Å². The Morgan fingerprint density at radius 2 is 0.183 bits per heavy atom. The van der Waals surface area contributed by atoms with Crippen molar-refractivity contribution in [2.24, 2.45) is 0 Å². The molecule has 0 heterocycles. The van der Waals surface area contributed by atoms with E-state index in [1.165, 1.54) is 0 Å². The average molecular weight is 1510 g/mol. The van der Waals surface area contributed by atoms with Crippen molar-refractivity contribution in [3.05, 3.63) is 537 Å². The largest absolute Gasteiger partial charge is 0.0622 e. The lowest BCUT2D eigenvalue weighted by molar-refractivity contribution is 1.51. The summed E-state index contributed by atoms with van der Waals surface area (Å²) in [4.78, 5) is 0. The summed E-state index contributed by atoms with van der Waals surface area (Å²) in [6.07, 6.45) is 0. The van der Waals surface area contributed by atoms with E-state index < -0.39 is 0 Å². The molecule has 0 bridgehead atoms. The third kappa shape index (κ3) is 22.0. The van der Waals surface area contributed by atoms with Crippen molar-refractivity contribution >= 4 is 0 Å². The molecule has 0 fully saturated rings. The lowest BCUT2D eigenvalue weighted by Gasteiger charge is -2.14. The number of rotatable bonds is 6. The van der Waals surface area contributed by atoms with E-state index in [9.17, 15) is 0 Å². The monoisotopic (exact) mass is 1510 g/mol. The van der Waals surface area contributed by atoms with Crippen molar-refractivity contribution in [2.45, 2.75) is 0 Å². The Morgan fingerprint density at radius 1 is 0.0750 bits per heavy atom. The van der Waals surface area contributed by atoms with Gasteiger partial charge in [-0.2, -0.15) is 0 Å². The van der Waals surface area contributed by atoms with Gasteiger partial charge in [0.2, 0.25) is 0 Å². The highest BCUT2D eigenvalue weighted by Gasteiger charge is 2.14. The molecule has 17 aromatic carbocycles. The van der Waals surface area contributed by atoms with Crippen molar-refractivity contribution in [1.82, 2.24) is 0 Å². The van der Waals surface area contributed by atoms with Gasteiger partial charge < -0.3 is 0 Å². The highest BCUT2D eigenvalue weighted by molar-refractivity contribution is 5.85. The highest BCUT2D eigenvalue weighted by atomic mass is 14.2. The first-order valence-corrected chi connectivity index (χ1v) is 39.6. The summed E-state index contributed by atoms with van der Waals surface area (Å²) in [6, 6.07) is 149. The number of benzene rings is 17. The van der Waals surface area contributed by atoms with Crippen LogP contribution >= 0.6 is 0 Å². The first kappa shape index (κ1) is 76.8. The molecule has 0 aromatic heterocycles. The Labute approximate surface area is 705 Å². The lowest BCUT2D eigenvalue weighted by Crippen LogP contribution is -1.92. The summed E-state index contributed by atoms with van der Waals surface area (Å²) in [7, 11) is 0. The number of hydrogen-bond acceptors (Lipinski definition) is 0. The lowest BCUT2D eigenvalue weighted by atomic mass is 9.90. The Balaban J connectivity index is 0.000000194. The summed E-state index contributed by atoms with van der Waals surface area (Å²) in [5, 5.41) is 0. The SMILES string of the molecule is C(#Cc1cc(C#Cc2ccccc2)cc(-c2cc(-c3cc(C#Cc4ccccc4)cc(C#Cc4ccccc4)c3)cc(-c3cc(C#Cc4ccccc4)cc(C#Cc4ccccc4)c3)c2)c1)c1ccccc1.C(#Cc1ccc(-c2cc(-c3ccc(C#Cc4ccccc4)cc3)cc(-c3ccc(C#Cc4ccccc4)cc3)c2)cc1)c1ccccc1. The van der Waals surface area contributed by atoms with E-state index in [2.05, 4.69) is 270 Å². The molecule has 0 spiro atoms. The van der Waals surface area contributed by atoms with Crippen LogP contribution in [0.1, 0.15) is 100 Å². The zero-order chi connectivity index (χ0) is 81.0. The molecule has 0 heteroatoms. The standard InChI is InChI=1S/C72H42.C48H30/c1-7-19-55(20-8-1)31-37-61-43-62(38-32-56-21-9-2-10-22-56)47-67(46-61)70-52-71(68-48-63(39-33-57-23-11-3-12-24-57)44-64(49-68)40-34-58-25-13-4-14-26-58)54-72(53-70)69-50-65(41-35-59-27-15-5-16-28-59)45-66(51-69)42-36-60-29-17-6-18-30-60;1-4-10-37(11-5-1)16-19-40-22-28-43(29-23-40)46-34-47(44-30-24-41(25-31-44)20-17-38-12-6-2-7-13-38)36-48(35-46)45-32-26-42(27-33-45)21-18-39-14-8-3-9-15-39/h1-30,43-54H;1-15,22-36H. The molecule has 0 nitrogen and oxygen atoms in total. The molecule has 0 unspecified atom stereocenters. The van der Waals surface area contributed by atoms with Crippen LogP contribution in [-0.2, 0) is 0 Å². The van der Waals surface area contributed by atoms with Crippen molar-refractivity contribution in [1.29, 1.82) is 0 Å². The molecule has 0 aliphatic heterocycles. The third-order valence-electron chi connectivity index (χ3n) is 19.4. The molecular weight excluding hydrogens is 1440 g/mol. The summed E-state index contributed by atoms with van der Waals surface area (Å²) >= 11 is 0. The summed E-state index contributed by atoms with van der Waals surface area (Å²) in [6.45, 7) is 0. The molecule has 0 aliphatic carbocycles. The second-order valence-electron chi connectivity index (χ2n) is 28.3. The van der Waals surface area contributed by atoms with Crippen LogP contribution in [0.4, 0.5) is 0 Å². The van der Waals surface area contributed by atoms with Gasteiger partial charge in [-0.15, -0.1) is 0 Å². The van der Waals surface area contributed by atoms with E-state index in [-0.39, 0.29) is 0 Å². The minimum absolute atomic E-state index is 0.856. The van der Waals surface area contributed by atoms with Gasteiger partial charge in [0, 0.05) is 100 Å². The van der Waals surface area contributed by atoms with Gasteiger partial charge in [-0.3, -0.25) is 0 Å². The second-order valence-corrected chi connectivity index (χ2v) is 28.3. The highest BCUT2D eigenvalue weighted by Crippen LogP contribution is 2.37. The molecule has 120 heavy (non-hydrogen) atoms. The van der Waals surface area contributed by atoms with Crippen LogP contribution in [0.2, 0.25) is 0 Å². The molecule has 0 radical (unpaired) electrons. The Hall–Kier alpha value is -17.2. The average Bonchev–Trinajstić information content (AvgIpc) is 0.796. The summed E-state index contributed by atoms with van der Waals surface area (Å²) in [5.74, 6) is 60.7. The van der Waals surface area contributed by atoms with Gasteiger partial charge in [0.05, 0.1) is 0 Å². The predicted octanol–water partition coefficient (Wildman–Crippen LogP) is 26.0. The third-order valence-corrected chi connectivity index (χ3v) is 19.4. The van der Waals surface area contributed by atoms with Gasteiger partial charge in [0.25, 0.3) is 0 Å². The first-order valence-electron chi connectivity index (χ1n) is 39.6. The maximum absolute atomic E-state index is 3.46. The summed E-state index contributed by atoms with van der Waals surface area (Å²) < 4.78 is 0. The van der Waals surface area contributed by atoms with Gasteiger partial charge >= 0.3 is 0 Å². The molecule has 0 N–H and O–H groups in total. The van der Waals surface area contributed by atoms with Crippen LogP contribution < -0.4 is 0 Å². The molecule has 0 saturated carbocycles. The van der Waals surface area contributed by atoms with Gasteiger partial charge in [0.1, 0.15) is 0 Å². The molecule has 0 atom stereocenters. The minimum Gasteiger partial charge on any atom is -0.0622 e. The molecule has 17 aromatic rings. The Kier molecular flexibility index (Phi) is 25.0. The van der Waals surface area contributed by atoms with Crippen molar-refractivity contribution in [3.63, 3.8) is 0 Å². The predicted molar refractivity (Wildman–Crippen MR) is 497 cm³/mol. The van der Waals surface area contributed by atoms with Gasteiger partial charge in [-0.25, -0.2) is 0 Å². The van der Waals surface area contributed by atoms with E-state index in [0.717, 1.165) is 167 Å². The topological polar surface area (TPSA) is 0 Å².